The molecule has 1 fully saturated rings. The van der Waals surface area contributed by atoms with Crippen molar-refractivity contribution in [1.29, 1.82) is 0 Å². The third-order valence-electron chi connectivity index (χ3n) is 3.90. The van der Waals surface area contributed by atoms with Crippen molar-refractivity contribution in [3.8, 4) is 5.75 Å². The highest BCUT2D eigenvalue weighted by Crippen LogP contribution is 2.31. The molecule has 122 valence electrons. The number of aromatic hydroxyl groups is 1. The number of likely N-dealkylation sites (tertiary alicyclic amines) is 1. The lowest BCUT2D eigenvalue weighted by atomic mass is 9.90. The van der Waals surface area contributed by atoms with E-state index >= 15 is 0 Å². The van der Waals surface area contributed by atoms with Crippen LogP contribution in [-0.4, -0.2) is 39.8 Å². The predicted molar refractivity (Wildman–Crippen MR) is 85.1 cm³/mol. The van der Waals surface area contributed by atoms with E-state index in [0.717, 1.165) is 30.5 Å². The number of pyridine rings is 1. The smallest absolute Gasteiger partial charge is 0.410 e. The molecule has 1 aromatic heterocycles. The third kappa shape index (κ3) is 4.12. The summed E-state index contributed by atoms with van der Waals surface area (Å²) in [5.41, 5.74) is 1.70. The first-order chi connectivity index (χ1) is 10.3. The number of amides is 1. The number of carbonyl (C=O) groups excluding carboxylic acids is 1. The second-order valence-electron chi connectivity index (χ2n) is 6.83. The summed E-state index contributed by atoms with van der Waals surface area (Å²) < 4.78 is 5.42. The first kappa shape index (κ1) is 16.6. The highest BCUT2D eigenvalue weighted by Gasteiger charge is 2.28. The van der Waals surface area contributed by atoms with Gasteiger partial charge in [0.05, 0.1) is 6.20 Å². The summed E-state index contributed by atoms with van der Waals surface area (Å²) in [6.07, 6.45) is 3.88. The summed E-state index contributed by atoms with van der Waals surface area (Å²) in [6.45, 7) is 9.08. The van der Waals surface area contributed by atoms with Gasteiger partial charge in [0.1, 0.15) is 11.4 Å². The van der Waals surface area contributed by atoms with Crippen LogP contribution in [0.4, 0.5) is 4.79 Å². The molecule has 0 spiro atoms. The van der Waals surface area contributed by atoms with Gasteiger partial charge in [-0.3, -0.25) is 4.98 Å². The van der Waals surface area contributed by atoms with Crippen LogP contribution in [-0.2, 0) is 11.2 Å². The Morgan fingerprint density at radius 1 is 1.41 bits per heavy atom. The van der Waals surface area contributed by atoms with Crippen LogP contribution in [0.15, 0.2) is 12.3 Å². The molecule has 0 aliphatic carbocycles. The predicted octanol–water partition coefficient (Wildman–Crippen LogP) is 3.46. The zero-order chi connectivity index (χ0) is 16.3. The molecule has 0 bridgehead atoms. The minimum Gasteiger partial charge on any atom is -0.506 e. The average Bonchev–Trinajstić information content (AvgIpc) is 2.45. The quantitative estimate of drug-likeness (QED) is 0.909. The van der Waals surface area contributed by atoms with E-state index in [2.05, 4.69) is 11.9 Å². The first-order valence-corrected chi connectivity index (χ1v) is 7.96. The van der Waals surface area contributed by atoms with Gasteiger partial charge in [0, 0.05) is 24.7 Å². The van der Waals surface area contributed by atoms with Crippen LogP contribution in [0.2, 0.25) is 0 Å². The number of nitrogens with zero attached hydrogens (tertiary/aromatic N) is 2. The van der Waals surface area contributed by atoms with Gasteiger partial charge in [-0.25, -0.2) is 4.79 Å². The first-order valence-electron chi connectivity index (χ1n) is 7.96. The lowest BCUT2D eigenvalue weighted by molar-refractivity contribution is 0.0204. The molecule has 0 saturated carbocycles. The number of rotatable bonds is 2. The van der Waals surface area contributed by atoms with Gasteiger partial charge in [-0.2, -0.15) is 0 Å². The molecule has 0 radical (unpaired) electrons. The summed E-state index contributed by atoms with van der Waals surface area (Å²) in [7, 11) is 0. The molecule has 5 nitrogen and oxygen atoms in total. The van der Waals surface area contributed by atoms with Crippen LogP contribution < -0.4 is 0 Å². The van der Waals surface area contributed by atoms with Crippen molar-refractivity contribution in [2.45, 2.75) is 58.5 Å². The minimum absolute atomic E-state index is 0.215. The molecule has 2 rings (SSSR count). The summed E-state index contributed by atoms with van der Waals surface area (Å²) in [6, 6.07) is 1.79. The molecule has 22 heavy (non-hydrogen) atoms. The number of aromatic nitrogens is 1. The van der Waals surface area contributed by atoms with Crippen LogP contribution in [0, 0.1) is 0 Å². The van der Waals surface area contributed by atoms with Crippen molar-refractivity contribution >= 4 is 6.09 Å². The topological polar surface area (TPSA) is 62.7 Å². The zero-order valence-corrected chi connectivity index (χ0v) is 13.9. The van der Waals surface area contributed by atoms with Gasteiger partial charge < -0.3 is 14.7 Å². The molecule has 1 N–H and O–H groups in total. The molecule has 2 heterocycles. The third-order valence-corrected chi connectivity index (χ3v) is 3.90. The van der Waals surface area contributed by atoms with Crippen molar-refractivity contribution in [2.75, 3.05) is 13.1 Å². The second-order valence-corrected chi connectivity index (χ2v) is 6.83. The van der Waals surface area contributed by atoms with Crippen LogP contribution in [0.25, 0.3) is 0 Å². The van der Waals surface area contributed by atoms with Crippen molar-refractivity contribution in [1.82, 2.24) is 9.88 Å². The molecule has 1 saturated heterocycles. The summed E-state index contributed by atoms with van der Waals surface area (Å²) in [4.78, 5) is 18.3. The van der Waals surface area contributed by atoms with E-state index in [9.17, 15) is 9.90 Å². The molecule has 5 heteroatoms. The average molecular weight is 306 g/mol. The molecule has 0 aromatic carbocycles. The van der Waals surface area contributed by atoms with E-state index in [0.29, 0.717) is 19.0 Å². The maximum atomic E-state index is 12.1. The number of aryl methyl sites for hydroxylation is 1. The van der Waals surface area contributed by atoms with Crippen LogP contribution in [0.1, 0.15) is 57.7 Å². The molecular formula is C17H26N2O3. The van der Waals surface area contributed by atoms with E-state index in [-0.39, 0.29) is 11.8 Å². The highest BCUT2D eigenvalue weighted by atomic mass is 16.6. The molecule has 1 aliphatic rings. The van der Waals surface area contributed by atoms with Gasteiger partial charge in [0.25, 0.3) is 0 Å². The van der Waals surface area contributed by atoms with Crippen LogP contribution >= 0.6 is 0 Å². The summed E-state index contributed by atoms with van der Waals surface area (Å²) in [5, 5.41) is 9.56. The van der Waals surface area contributed by atoms with Gasteiger partial charge in [-0.15, -0.1) is 0 Å². The number of carbonyl (C=O) groups is 1. The Morgan fingerprint density at radius 3 is 2.59 bits per heavy atom. The number of piperidine rings is 1. The van der Waals surface area contributed by atoms with E-state index in [4.69, 9.17) is 4.74 Å². The monoisotopic (exact) mass is 306 g/mol. The van der Waals surface area contributed by atoms with Crippen molar-refractivity contribution in [3.05, 3.63) is 23.5 Å². The Labute approximate surface area is 132 Å². The zero-order valence-electron chi connectivity index (χ0n) is 13.9. The highest BCUT2D eigenvalue weighted by molar-refractivity contribution is 5.68. The van der Waals surface area contributed by atoms with Crippen molar-refractivity contribution < 1.29 is 14.6 Å². The molecule has 1 aliphatic heterocycles. The fraction of sp³-hybridized carbons (Fsp3) is 0.647. The van der Waals surface area contributed by atoms with E-state index in [1.807, 2.05) is 20.8 Å². The molecular weight excluding hydrogens is 280 g/mol. The maximum absolute atomic E-state index is 12.1. The molecule has 1 amide bonds. The standard InChI is InChI=1S/C17H26N2O3/c1-5-12-10-14(20)11-18-15(12)13-6-8-19(9-7-13)16(21)22-17(2,3)4/h10-11,13,20H,5-9H2,1-4H3. The normalized spacial score (nSPS) is 16.6. The molecule has 0 unspecified atom stereocenters. The van der Waals surface area contributed by atoms with Crippen molar-refractivity contribution in [2.24, 2.45) is 0 Å². The second kappa shape index (κ2) is 6.55. The SMILES string of the molecule is CCc1cc(O)cnc1C1CCN(C(=O)OC(C)(C)C)CC1. The molecule has 1 aromatic rings. The minimum atomic E-state index is -0.457. The van der Waals surface area contributed by atoms with Crippen molar-refractivity contribution in [3.63, 3.8) is 0 Å². The van der Waals surface area contributed by atoms with Crippen LogP contribution in [0.3, 0.4) is 0 Å². The van der Waals surface area contributed by atoms with E-state index < -0.39 is 5.60 Å². The van der Waals surface area contributed by atoms with E-state index in [1.165, 1.54) is 6.20 Å². The van der Waals surface area contributed by atoms with Gasteiger partial charge in [0.2, 0.25) is 0 Å². The Kier molecular flexibility index (Phi) is 4.94. The lowest BCUT2D eigenvalue weighted by Gasteiger charge is -2.33. The number of hydrogen-bond acceptors (Lipinski definition) is 4. The van der Waals surface area contributed by atoms with Gasteiger partial charge >= 0.3 is 6.09 Å². The fourth-order valence-corrected chi connectivity index (χ4v) is 2.82. The Morgan fingerprint density at radius 2 is 2.05 bits per heavy atom. The van der Waals surface area contributed by atoms with Gasteiger partial charge in [-0.1, -0.05) is 6.92 Å². The lowest BCUT2D eigenvalue weighted by Crippen LogP contribution is -2.41. The Hall–Kier alpha value is -1.78. The number of hydrogen-bond donors (Lipinski definition) is 1. The Balaban J connectivity index is 1.99. The largest absolute Gasteiger partial charge is 0.506 e. The maximum Gasteiger partial charge on any atom is 0.410 e. The number of ether oxygens (including phenoxy) is 1. The Bertz CT molecular complexity index is 529. The summed E-state index contributed by atoms with van der Waals surface area (Å²) >= 11 is 0. The molecule has 0 atom stereocenters. The summed E-state index contributed by atoms with van der Waals surface area (Å²) in [5.74, 6) is 0.557. The van der Waals surface area contributed by atoms with Gasteiger partial charge in [0.15, 0.2) is 0 Å². The van der Waals surface area contributed by atoms with E-state index in [1.54, 1.807) is 11.0 Å². The van der Waals surface area contributed by atoms with Crippen LogP contribution in [0.5, 0.6) is 5.75 Å². The fourth-order valence-electron chi connectivity index (χ4n) is 2.82. The van der Waals surface area contributed by atoms with Gasteiger partial charge in [-0.05, 0) is 51.7 Å².